The van der Waals surface area contributed by atoms with Crippen molar-refractivity contribution in [3.63, 3.8) is 0 Å². The Balaban J connectivity index is 3.00. The van der Waals surface area contributed by atoms with Gasteiger partial charge in [-0.05, 0) is 0 Å². The molecule has 0 aromatic heterocycles. The Hall–Kier alpha value is 1.04. The summed E-state index contributed by atoms with van der Waals surface area (Å²) >= 11 is 2.38. The molecule has 0 amide bonds. The summed E-state index contributed by atoms with van der Waals surface area (Å²) in [6, 6.07) is 0. The quantitative estimate of drug-likeness (QED) is 0.538. The van der Waals surface area contributed by atoms with Crippen molar-refractivity contribution < 1.29 is 18.5 Å². The van der Waals surface area contributed by atoms with Crippen molar-refractivity contribution >= 4 is 8.60 Å². The third-order valence-electron chi connectivity index (χ3n) is 1.52. The second-order valence-corrected chi connectivity index (χ2v) is 8.30. The van der Waals surface area contributed by atoms with Crippen molar-refractivity contribution in [3.8, 4) is 0 Å². The molecule has 0 fully saturated rings. The van der Waals surface area contributed by atoms with Crippen LogP contribution in [0, 0.1) is 0 Å². The molecule has 0 spiro atoms. The van der Waals surface area contributed by atoms with Crippen LogP contribution in [0.4, 0.5) is 0 Å². The van der Waals surface area contributed by atoms with Gasteiger partial charge < -0.3 is 0 Å². The molecule has 0 heterocycles. The van der Waals surface area contributed by atoms with E-state index in [0.29, 0.717) is 8.60 Å². The minimum absolute atomic E-state index is 0.418. The van der Waals surface area contributed by atoms with Crippen LogP contribution in [-0.2, 0) is 18.5 Å². The Labute approximate surface area is 78.1 Å². The average molecular weight is 243 g/mol. The van der Waals surface area contributed by atoms with E-state index >= 15 is 0 Å². The van der Waals surface area contributed by atoms with Gasteiger partial charge in [-0.25, -0.2) is 0 Å². The predicted molar refractivity (Wildman–Crippen MR) is 48.5 cm³/mol. The first-order chi connectivity index (χ1) is 4.81. The van der Waals surface area contributed by atoms with Crippen molar-refractivity contribution in [1.82, 2.24) is 0 Å². The van der Waals surface area contributed by atoms with Crippen molar-refractivity contribution in [2.45, 2.75) is 39.5 Å². The zero-order valence-electron chi connectivity index (χ0n) is 7.10. The molecule has 0 nitrogen and oxygen atoms in total. The van der Waals surface area contributed by atoms with Crippen molar-refractivity contribution in [2.75, 3.05) is 11.5 Å². The van der Waals surface area contributed by atoms with Gasteiger partial charge in [0.2, 0.25) is 0 Å². The second-order valence-electron chi connectivity index (χ2n) is 2.64. The van der Waals surface area contributed by atoms with Crippen LogP contribution in [0.5, 0.6) is 0 Å². The molecule has 63 valence electrons. The van der Waals surface area contributed by atoms with E-state index in [1.807, 2.05) is 0 Å². The van der Waals surface area contributed by atoms with Gasteiger partial charge >= 0.3 is 78.2 Å². The topological polar surface area (TPSA) is 0 Å². The summed E-state index contributed by atoms with van der Waals surface area (Å²) < 4.78 is 0. The monoisotopic (exact) mass is 245 g/mol. The van der Waals surface area contributed by atoms with Gasteiger partial charge in [-0.1, -0.05) is 0 Å². The Morgan fingerprint density at radius 3 is 1.70 bits per heavy atom. The first-order valence-corrected chi connectivity index (χ1v) is 8.55. The summed E-state index contributed by atoms with van der Waals surface area (Å²) in [4.78, 5) is 0. The third kappa shape index (κ3) is 7.15. The molecule has 0 N–H and O–H groups in total. The van der Waals surface area contributed by atoms with Crippen LogP contribution < -0.4 is 0 Å². The van der Waals surface area contributed by atoms with Crippen LogP contribution in [0.3, 0.4) is 0 Å². The number of hydrogen-bond donors (Lipinski definition) is 1. The molecule has 0 bridgehead atoms. The summed E-state index contributed by atoms with van der Waals surface area (Å²) in [6.45, 7) is 4.56. The summed E-state index contributed by atoms with van der Waals surface area (Å²) in [6.07, 6.45) is 5.66. The zero-order chi connectivity index (χ0) is 7.82. The fraction of sp³-hybridized carbons (Fsp3) is 1.00. The molecule has 0 saturated heterocycles. The van der Waals surface area contributed by atoms with E-state index in [1.165, 1.54) is 37.2 Å². The minimum atomic E-state index is 0.418. The van der Waals surface area contributed by atoms with Gasteiger partial charge in [0.25, 0.3) is 0 Å². The molecule has 0 aromatic rings. The summed E-state index contributed by atoms with van der Waals surface area (Å²) in [5.74, 6) is 3.02. The molecule has 0 aromatic carbocycles. The molecule has 0 rings (SSSR count). The number of unbranched alkanes of at least 4 members (excludes halogenated alkanes) is 2. The van der Waals surface area contributed by atoms with Crippen LogP contribution in [0.25, 0.3) is 0 Å². The molecular weight excluding hydrogens is 224 g/mol. The molecule has 0 saturated carbocycles. The van der Waals surface area contributed by atoms with Gasteiger partial charge in [0.1, 0.15) is 0 Å². The Morgan fingerprint density at radius 1 is 1.00 bits per heavy atom. The fourth-order valence-corrected chi connectivity index (χ4v) is 4.25. The van der Waals surface area contributed by atoms with E-state index in [1.54, 1.807) is 0 Å². The summed E-state index contributed by atoms with van der Waals surface area (Å²) in [5.41, 5.74) is 0. The molecule has 0 aliphatic heterocycles. The van der Waals surface area contributed by atoms with Gasteiger partial charge in [0.15, 0.2) is 0 Å². The zero-order valence-corrected chi connectivity index (χ0v) is 10.00. The predicted octanol–water partition coefficient (Wildman–Crippen LogP) is 3.05. The number of thiol groups is 1. The van der Waals surface area contributed by atoms with Gasteiger partial charge in [-0.2, -0.15) is 0 Å². The Morgan fingerprint density at radius 2 is 1.40 bits per heavy atom. The molecule has 0 atom stereocenters. The van der Waals surface area contributed by atoms with Crippen LogP contribution in [-0.4, -0.2) is 11.5 Å². The standard InChI is InChI=1S/C8H18S.Mo/c1-3-5-7-9-8-6-4-2;/h3-8H2,1-2H3;/q;-1/p+1. The maximum absolute atomic E-state index is 2.38. The SMILES string of the molecule is CCCC[SH]([Mo])CCCC. The Kier molecular flexibility index (Phi) is 8.98. The van der Waals surface area contributed by atoms with E-state index in [2.05, 4.69) is 32.4 Å². The van der Waals surface area contributed by atoms with Gasteiger partial charge in [0, 0.05) is 0 Å². The van der Waals surface area contributed by atoms with E-state index in [0.717, 1.165) is 0 Å². The summed E-state index contributed by atoms with van der Waals surface area (Å²) in [5, 5.41) is 0. The fourth-order valence-electron chi connectivity index (χ4n) is 0.781. The van der Waals surface area contributed by atoms with Crippen LogP contribution in [0.15, 0.2) is 0 Å². The van der Waals surface area contributed by atoms with Crippen molar-refractivity contribution in [3.05, 3.63) is 0 Å². The molecule has 0 aliphatic rings. The molecule has 0 unspecified atom stereocenters. The van der Waals surface area contributed by atoms with Crippen molar-refractivity contribution in [2.24, 2.45) is 0 Å². The van der Waals surface area contributed by atoms with Gasteiger partial charge in [-0.15, -0.1) is 0 Å². The molecule has 10 heavy (non-hydrogen) atoms. The van der Waals surface area contributed by atoms with Crippen LogP contribution in [0.2, 0.25) is 0 Å². The van der Waals surface area contributed by atoms with E-state index in [9.17, 15) is 0 Å². The normalized spacial score (nSPS) is 11.6. The van der Waals surface area contributed by atoms with Gasteiger partial charge in [0.05, 0.1) is 0 Å². The first-order valence-electron chi connectivity index (χ1n) is 4.23. The van der Waals surface area contributed by atoms with E-state index in [4.69, 9.17) is 0 Å². The molecule has 2 heteroatoms. The summed E-state index contributed by atoms with van der Waals surface area (Å²) in [7, 11) is 0.418. The first kappa shape index (κ1) is 11.0. The van der Waals surface area contributed by atoms with Gasteiger partial charge in [-0.3, -0.25) is 0 Å². The maximum atomic E-state index is 2.38. The number of rotatable bonds is 6. The van der Waals surface area contributed by atoms with Crippen LogP contribution in [0.1, 0.15) is 39.5 Å². The third-order valence-corrected chi connectivity index (χ3v) is 5.84. The van der Waals surface area contributed by atoms with E-state index in [-0.39, 0.29) is 0 Å². The number of hydrogen-bond acceptors (Lipinski definition) is 0. The van der Waals surface area contributed by atoms with Crippen LogP contribution >= 0.6 is 8.60 Å². The Bertz CT molecular complexity index is 58.3. The molecule has 0 aliphatic carbocycles. The molecule has 0 radical (unpaired) electrons. The van der Waals surface area contributed by atoms with Crippen molar-refractivity contribution in [1.29, 1.82) is 0 Å². The molecular formula is C8H19MoS. The second kappa shape index (κ2) is 8.14. The average Bonchev–Trinajstić information content (AvgIpc) is 1.97. The van der Waals surface area contributed by atoms with E-state index < -0.39 is 0 Å².